The highest BCUT2D eigenvalue weighted by molar-refractivity contribution is 6.33. The number of H-pyrrole nitrogens is 1. The second-order valence-electron chi connectivity index (χ2n) is 6.74. The van der Waals surface area contributed by atoms with E-state index in [-0.39, 0.29) is 11.9 Å². The predicted octanol–water partition coefficient (Wildman–Crippen LogP) is 4.13. The third-order valence-electron chi connectivity index (χ3n) is 4.85. The van der Waals surface area contributed by atoms with Crippen LogP contribution in [0.3, 0.4) is 0 Å². The Morgan fingerprint density at radius 1 is 1.15 bits per heavy atom. The zero-order valence-electron chi connectivity index (χ0n) is 14.9. The number of rotatable bonds is 4. The van der Waals surface area contributed by atoms with E-state index in [0.717, 1.165) is 43.0 Å². The van der Waals surface area contributed by atoms with Gasteiger partial charge in [0.2, 0.25) is 0 Å². The van der Waals surface area contributed by atoms with Crippen molar-refractivity contribution in [2.45, 2.75) is 18.9 Å². The molecule has 2 N–H and O–H groups in total. The molecule has 1 fully saturated rings. The first-order valence-electron chi connectivity index (χ1n) is 9.12. The van der Waals surface area contributed by atoms with Gasteiger partial charge in [-0.2, -0.15) is 5.10 Å². The summed E-state index contributed by atoms with van der Waals surface area (Å²) in [7, 11) is 0. The lowest BCUT2D eigenvalue weighted by Crippen LogP contribution is -2.48. The number of carbonyl (C=O) groups excluding carboxylic acids is 1. The predicted molar refractivity (Wildman–Crippen MR) is 108 cm³/mol. The van der Waals surface area contributed by atoms with Gasteiger partial charge < -0.3 is 10.2 Å². The molecule has 4 rings (SSSR count). The Bertz CT molecular complexity index is 925. The van der Waals surface area contributed by atoms with Crippen molar-refractivity contribution in [2.24, 2.45) is 0 Å². The molecule has 1 unspecified atom stereocenters. The summed E-state index contributed by atoms with van der Waals surface area (Å²) in [4.78, 5) is 14.7. The van der Waals surface area contributed by atoms with Crippen molar-refractivity contribution >= 4 is 23.3 Å². The van der Waals surface area contributed by atoms with Gasteiger partial charge in [0, 0.05) is 25.2 Å². The molecule has 0 spiro atoms. The Morgan fingerprint density at radius 2 is 1.93 bits per heavy atom. The van der Waals surface area contributed by atoms with Gasteiger partial charge in [-0.25, -0.2) is 0 Å². The zero-order valence-corrected chi connectivity index (χ0v) is 15.6. The van der Waals surface area contributed by atoms with E-state index >= 15 is 0 Å². The zero-order chi connectivity index (χ0) is 18.6. The molecule has 3 aromatic rings. The highest BCUT2D eigenvalue weighted by Gasteiger charge is 2.24. The van der Waals surface area contributed by atoms with E-state index in [1.807, 2.05) is 30.3 Å². The van der Waals surface area contributed by atoms with E-state index in [4.69, 9.17) is 11.6 Å². The van der Waals surface area contributed by atoms with Crippen LogP contribution in [0.5, 0.6) is 0 Å². The second-order valence-corrected chi connectivity index (χ2v) is 7.15. The van der Waals surface area contributed by atoms with Crippen LogP contribution < -0.4 is 10.2 Å². The normalized spacial score (nSPS) is 16.9. The fraction of sp³-hybridized carbons (Fsp3) is 0.238. The lowest BCUT2D eigenvalue weighted by Gasteiger charge is -2.33. The first kappa shape index (κ1) is 17.6. The largest absolute Gasteiger partial charge is 0.353 e. The minimum Gasteiger partial charge on any atom is -0.353 e. The topological polar surface area (TPSA) is 61.0 Å². The van der Waals surface area contributed by atoms with E-state index in [1.165, 1.54) is 0 Å². The number of hydrogen-bond acceptors (Lipinski definition) is 3. The van der Waals surface area contributed by atoms with Crippen LogP contribution in [0.4, 0.5) is 5.82 Å². The van der Waals surface area contributed by atoms with Gasteiger partial charge in [-0.3, -0.25) is 9.89 Å². The van der Waals surface area contributed by atoms with Gasteiger partial charge in [0.05, 0.1) is 16.3 Å². The number of carbonyl (C=O) groups is 1. The van der Waals surface area contributed by atoms with Gasteiger partial charge in [-0.1, -0.05) is 54.1 Å². The van der Waals surface area contributed by atoms with Crippen LogP contribution in [-0.2, 0) is 0 Å². The van der Waals surface area contributed by atoms with Crippen LogP contribution >= 0.6 is 11.6 Å². The Hall–Kier alpha value is -2.79. The maximum atomic E-state index is 12.5. The maximum absolute atomic E-state index is 12.5. The molecule has 2 heterocycles. The molecule has 1 aliphatic heterocycles. The number of aromatic amines is 1. The summed E-state index contributed by atoms with van der Waals surface area (Å²) in [6.07, 6.45) is 1.95. The molecular formula is C21H21ClN4O. The molecule has 0 bridgehead atoms. The fourth-order valence-electron chi connectivity index (χ4n) is 3.45. The summed E-state index contributed by atoms with van der Waals surface area (Å²) >= 11 is 6.14. The van der Waals surface area contributed by atoms with Crippen LogP contribution in [0.15, 0.2) is 60.7 Å². The van der Waals surface area contributed by atoms with Crippen LogP contribution in [0.25, 0.3) is 11.3 Å². The number of hydrogen-bond donors (Lipinski definition) is 2. The quantitative estimate of drug-likeness (QED) is 0.715. The first-order chi connectivity index (χ1) is 13.2. The third kappa shape index (κ3) is 3.98. The molecule has 0 radical (unpaired) electrons. The van der Waals surface area contributed by atoms with Gasteiger partial charge in [-0.05, 0) is 30.5 Å². The van der Waals surface area contributed by atoms with Gasteiger partial charge in [0.25, 0.3) is 5.91 Å². The lowest BCUT2D eigenvalue weighted by atomic mass is 10.0. The van der Waals surface area contributed by atoms with Crippen LogP contribution in [0, 0.1) is 0 Å². The average Bonchev–Trinajstić information content (AvgIpc) is 3.19. The summed E-state index contributed by atoms with van der Waals surface area (Å²) in [5, 5.41) is 11.2. The lowest BCUT2D eigenvalue weighted by molar-refractivity contribution is 0.0933. The number of aromatic nitrogens is 2. The highest BCUT2D eigenvalue weighted by atomic mass is 35.5. The van der Waals surface area contributed by atoms with E-state index in [0.29, 0.717) is 10.6 Å². The van der Waals surface area contributed by atoms with Crippen molar-refractivity contribution in [2.75, 3.05) is 18.0 Å². The fourth-order valence-corrected chi connectivity index (χ4v) is 3.67. The number of amides is 1. The Labute approximate surface area is 163 Å². The highest BCUT2D eigenvalue weighted by Crippen LogP contribution is 2.24. The van der Waals surface area contributed by atoms with E-state index in [2.05, 4.69) is 38.6 Å². The molecule has 1 saturated heterocycles. The minimum absolute atomic E-state index is 0.0689. The first-order valence-corrected chi connectivity index (χ1v) is 9.49. The summed E-state index contributed by atoms with van der Waals surface area (Å²) < 4.78 is 0. The van der Waals surface area contributed by atoms with Crippen molar-refractivity contribution in [3.05, 3.63) is 71.2 Å². The minimum atomic E-state index is -0.126. The number of halogens is 1. The molecule has 1 aliphatic rings. The van der Waals surface area contributed by atoms with Crippen LogP contribution in [0.1, 0.15) is 23.2 Å². The van der Waals surface area contributed by atoms with Crippen LogP contribution in [0.2, 0.25) is 5.02 Å². The molecule has 2 aromatic carbocycles. The number of nitrogens with one attached hydrogen (secondary N) is 2. The molecule has 1 atom stereocenters. The molecule has 1 aromatic heterocycles. The SMILES string of the molecule is O=C(NC1CCCN(c2cc(-c3ccccc3)[nH]n2)C1)c1ccccc1Cl. The Balaban J connectivity index is 1.43. The summed E-state index contributed by atoms with van der Waals surface area (Å²) in [6, 6.07) is 19.4. The van der Waals surface area contributed by atoms with Crippen molar-refractivity contribution < 1.29 is 4.79 Å². The molecule has 138 valence electrons. The molecular weight excluding hydrogens is 360 g/mol. The number of nitrogens with zero attached hydrogens (tertiary/aromatic N) is 2. The summed E-state index contributed by atoms with van der Waals surface area (Å²) in [5.41, 5.74) is 2.62. The summed E-state index contributed by atoms with van der Waals surface area (Å²) in [5.74, 6) is 0.782. The Morgan fingerprint density at radius 3 is 2.74 bits per heavy atom. The summed E-state index contributed by atoms with van der Waals surface area (Å²) in [6.45, 7) is 1.66. The standard InChI is InChI=1S/C21H21ClN4O/c22-18-11-5-4-10-17(18)21(27)23-16-9-6-12-26(14-16)20-13-19(24-25-20)15-7-2-1-3-8-15/h1-5,7-8,10-11,13,16H,6,9,12,14H2,(H,23,27)(H,24,25). The van der Waals surface area contributed by atoms with Gasteiger partial charge in [-0.15, -0.1) is 0 Å². The van der Waals surface area contributed by atoms with Crippen LogP contribution in [-0.4, -0.2) is 35.2 Å². The molecule has 0 aliphatic carbocycles. The van der Waals surface area contributed by atoms with Crippen molar-refractivity contribution in [1.82, 2.24) is 15.5 Å². The van der Waals surface area contributed by atoms with E-state index in [9.17, 15) is 4.79 Å². The second kappa shape index (κ2) is 7.84. The van der Waals surface area contributed by atoms with Crippen molar-refractivity contribution in [3.8, 4) is 11.3 Å². The van der Waals surface area contributed by atoms with Crippen molar-refractivity contribution in [1.29, 1.82) is 0 Å². The molecule has 0 saturated carbocycles. The van der Waals surface area contributed by atoms with Gasteiger partial charge in [0.15, 0.2) is 5.82 Å². The van der Waals surface area contributed by atoms with Gasteiger partial charge >= 0.3 is 0 Å². The smallest absolute Gasteiger partial charge is 0.253 e. The number of anilines is 1. The number of benzene rings is 2. The van der Waals surface area contributed by atoms with E-state index < -0.39 is 0 Å². The maximum Gasteiger partial charge on any atom is 0.253 e. The monoisotopic (exact) mass is 380 g/mol. The van der Waals surface area contributed by atoms with Crippen molar-refractivity contribution in [3.63, 3.8) is 0 Å². The molecule has 1 amide bonds. The molecule has 5 nitrogen and oxygen atoms in total. The molecule has 6 heteroatoms. The molecule has 27 heavy (non-hydrogen) atoms. The van der Waals surface area contributed by atoms with Gasteiger partial charge in [0.1, 0.15) is 0 Å². The number of piperidine rings is 1. The van der Waals surface area contributed by atoms with E-state index in [1.54, 1.807) is 12.1 Å². The average molecular weight is 381 g/mol. The Kier molecular flexibility index (Phi) is 5.12. The third-order valence-corrected chi connectivity index (χ3v) is 5.18.